The lowest BCUT2D eigenvalue weighted by Gasteiger charge is -2.42. The lowest BCUT2D eigenvalue weighted by atomic mass is 9.85. The van der Waals surface area contributed by atoms with E-state index in [0.717, 1.165) is 11.3 Å². The summed E-state index contributed by atoms with van der Waals surface area (Å²) >= 11 is 0. The summed E-state index contributed by atoms with van der Waals surface area (Å²) in [5.41, 5.74) is 0.444. The fourth-order valence-electron chi connectivity index (χ4n) is 4.16. The van der Waals surface area contributed by atoms with Crippen molar-refractivity contribution < 1.29 is 14.6 Å². The summed E-state index contributed by atoms with van der Waals surface area (Å²) in [6.45, 7) is 9.99. The number of rotatable bonds is 3. The molecule has 0 bridgehead atoms. The Balaban J connectivity index is 1.55. The van der Waals surface area contributed by atoms with Crippen LogP contribution in [0, 0.1) is 6.92 Å². The molecule has 0 aliphatic carbocycles. The van der Waals surface area contributed by atoms with Crippen molar-refractivity contribution in [2.24, 2.45) is 0 Å². The zero-order valence-corrected chi connectivity index (χ0v) is 19.8. The van der Waals surface area contributed by atoms with E-state index in [2.05, 4.69) is 10.1 Å². The van der Waals surface area contributed by atoms with Crippen molar-refractivity contribution in [2.75, 3.05) is 13.1 Å². The summed E-state index contributed by atoms with van der Waals surface area (Å²) in [4.78, 5) is 31.7. The normalized spacial score (nSPS) is 17.2. The Labute approximate surface area is 192 Å². The highest BCUT2D eigenvalue weighted by Crippen LogP contribution is 2.33. The van der Waals surface area contributed by atoms with E-state index in [1.165, 1.54) is 17.1 Å². The molecule has 1 amide bonds. The smallest absolute Gasteiger partial charge is 0.410 e. The fraction of sp³-hybridized carbons (Fsp3) is 0.500. The van der Waals surface area contributed by atoms with Gasteiger partial charge in [-0.3, -0.25) is 9.36 Å². The van der Waals surface area contributed by atoms with Crippen LogP contribution in [0.1, 0.15) is 52.1 Å². The molecule has 1 aliphatic heterocycles. The largest absolute Gasteiger partial charge is 0.444 e. The SMILES string of the molecule is Cc1ccc(-n2ncc3c(=O)n(C(C)C4(O)CCN(C(=O)OC(C)(C)C)CC4)cnc32)cc1. The minimum absolute atomic E-state index is 0.256. The summed E-state index contributed by atoms with van der Waals surface area (Å²) < 4.78 is 8.54. The molecule has 4 rings (SSSR count). The second-order valence-corrected chi connectivity index (χ2v) is 9.83. The number of amides is 1. The summed E-state index contributed by atoms with van der Waals surface area (Å²) in [5, 5.41) is 16.1. The molecule has 1 saturated heterocycles. The molecule has 33 heavy (non-hydrogen) atoms. The van der Waals surface area contributed by atoms with Gasteiger partial charge in [0.05, 0.1) is 23.5 Å². The number of fused-ring (bicyclic) bond motifs is 1. The van der Waals surface area contributed by atoms with E-state index in [-0.39, 0.29) is 11.7 Å². The molecule has 0 radical (unpaired) electrons. The molecule has 176 valence electrons. The molecule has 1 aromatic carbocycles. The van der Waals surface area contributed by atoms with E-state index in [1.807, 2.05) is 58.9 Å². The maximum Gasteiger partial charge on any atom is 0.410 e. The minimum atomic E-state index is -1.15. The first-order valence-corrected chi connectivity index (χ1v) is 11.2. The first-order valence-electron chi connectivity index (χ1n) is 11.2. The Hall–Kier alpha value is -3.20. The van der Waals surface area contributed by atoms with Gasteiger partial charge >= 0.3 is 6.09 Å². The van der Waals surface area contributed by atoms with Crippen molar-refractivity contribution in [3.63, 3.8) is 0 Å². The number of benzene rings is 1. The molecule has 3 aromatic rings. The van der Waals surface area contributed by atoms with Gasteiger partial charge in [0.1, 0.15) is 17.3 Å². The van der Waals surface area contributed by atoms with Gasteiger partial charge in [-0.05, 0) is 59.6 Å². The number of ether oxygens (including phenoxy) is 1. The van der Waals surface area contributed by atoms with E-state index in [0.29, 0.717) is 37.0 Å². The van der Waals surface area contributed by atoms with Crippen LogP contribution in [0.25, 0.3) is 16.7 Å². The lowest BCUT2D eigenvalue weighted by Crippen LogP contribution is -2.52. The number of aromatic nitrogens is 4. The molecule has 1 atom stereocenters. The number of aryl methyl sites for hydroxylation is 1. The molecule has 0 spiro atoms. The molecule has 2 aromatic heterocycles. The van der Waals surface area contributed by atoms with Crippen LogP contribution in [0.5, 0.6) is 0 Å². The quantitative estimate of drug-likeness (QED) is 0.653. The van der Waals surface area contributed by atoms with Crippen LogP contribution in [-0.2, 0) is 4.74 Å². The fourth-order valence-corrected chi connectivity index (χ4v) is 4.16. The number of carbonyl (C=O) groups is 1. The highest BCUT2D eigenvalue weighted by Gasteiger charge is 2.41. The summed E-state index contributed by atoms with van der Waals surface area (Å²) in [7, 11) is 0. The molecule has 0 saturated carbocycles. The zero-order chi connectivity index (χ0) is 24.0. The van der Waals surface area contributed by atoms with Gasteiger partial charge in [-0.25, -0.2) is 14.5 Å². The summed E-state index contributed by atoms with van der Waals surface area (Å²) in [6, 6.07) is 7.29. The molecule has 9 heteroatoms. The van der Waals surface area contributed by atoms with Crippen molar-refractivity contribution >= 4 is 17.1 Å². The van der Waals surface area contributed by atoms with Crippen LogP contribution in [0.15, 0.2) is 41.6 Å². The van der Waals surface area contributed by atoms with Gasteiger partial charge in [0.2, 0.25) is 0 Å². The maximum absolute atomic E-state index is 13.3. The summed E-state index contributed by atoms with van der Waals surface area (Å²) in [5.74, 6) is 0. The van der Waals surface area contributed by atoms with E-state index in [9.17, 15) is 14.7 Å². The average molecular weight is 454 g/mol. The third-order valence-electron chi connectivity index (χ3n) is 6.27. The predicted molar refractivity (Wildman–Crippen MR) is 125 cm³/mol. The molecule has 9 nitrogen and oxygen atoms in total. The molecule has 1 fully saturated rings. The monoisotopic (exact) mass is 453 g/mol. The van der Waals surface area contributed by atoms with Crippen molar-refractivity contribution in [1.29, 1.82) is 0 Å². The zero-order valence-electron chi connectivity index (χ0n) is 19.8. The minimum Gasteiger partial charge on any atom is -0.444 e. The highest BCUT2D eigenvalue weighted by molar-refractivity contribution is 5.75. The van der Waals surface area contributed by atoms with E-state index < -0.39 is 17.2 Å². The van der Waals surface area contributed by atoms with E-state index in [1.54, 1.807) is 9.58 Å². The second kappa shape index (κ2) is 8.30. The topological polar surface area (TPSA) is 102 Å². The van der Waals surface area contributed by atoms with Crippen LogP contribution < -0.4 is 5.56 Å². The molecule has 1 N–H and O–H groups in total. The highest BCUT2D eigenvalue weighted by atomic mass is 16.6. The lowest BCUT2D eigenvalue weighted by molar-refractivity contribution is -0.0607. The molecule has 1 unspecified atom stereocenters. The maximum atomic E-state index is 13.3. The van der Waals surface area contributed by atoms with Crippen molar-refractivity contribution in [3.8, 4) is 5.69 Å². The van der Waals surface area contributed by atoms with Crippen molar-refractivity contribution in [2.45, 2.75) is 64.7 Å². The third kappa shape index (κ3) is 4.50. The number of aliphatic hydroxyl groups is 1. The Morgan fingerprint density at radius 3 is 2.42 bits per heavy atom. The Bertz CT molecular complexity index is 1210. The molecule has 3 heterocycles. The number of hydrogen-bond donors (Lipinski definition) is 1. The Morgan fingerprint density at radius 1 is 1.18 bits per heavy atom. The average Bonchev–Trinajstić information content (AvgIpc) is 3.18. The standard InChI is InChI=1S/C24H31N5O4/c1-16-6-8-18(9-7-16)29-20-19(14-26-29)21(30)28(15-25-20)17(2)24(32)10-12-27(13-11-24)22(31)33-23(3,4)5/h6-9,14-15,17,32H,10-13H2,1-5H3. The van der Waals surface area contributed by atoms with Crippen LogP contribution in [0.3, 0.4) is 0 Å². The molecule has 1 aliphatic rings. The Kier molecular flexibility index (Phi) is 5.78. The first kappa shape index (κ1) is 23.0. The van der Waals surface area contributed by atoms with Gasteiger partial charge in [0.25, 0.3) is 5.56 Å². The Morgan fingerprint density at radius 2 is 1.82 bits per heavy atom. The van der Waals surface area contributed by atoms with Crippen LogP contribution >= 0.6 is 0 Å². The first-order chi connectivity index (χ1) is 15.5. The van der Waals surface area contributed by atoms with E-state index in [4.69, 9.17) is 4.74 Å². The predicted octanol–water partition coefficient (Wildman–Crippen LogP) is 3.21. The van der Waals surface area contributed by atoms with E-state index >= 15 is 0 Å². The van der Waals surface area contributed by atoms with Gasteiger partial charge in [0, 0.05) is 13.1 Å². The van der Waals surface area contributed by atoms with Gasteiger partial charge in [0.15, 0.2) is 5.65 Å². The van der Waals surface area contributed by atoms with Crippen LogP contribution in [0.4, 0.5) is 4.79 Å². The number of nitrogens with zero attached hydrogens (tertiary/aromatic N) is 5. The number of carbonyl (C=O) groups excluding carboxylic acids is 1. The van der Waals surface area contributed by atoms with Gasteiger partial charge in [-0.1, -0.05) is 17.7 Å². The van der Waals surface area contributed by atoms with Gasteiger partial charge in [-0.15, -0.1) is 0 Å². The second-order valence-electron chi connectivity index (χ2n) is 9.83. The number of piperidine rings is 1. The van der Waals surface area contributed by atoms with Crippen molar-refractivity contribution in [1.82, 2.24) is 24.2 Å². The van der Waals surface area contributed by atoms with Crippen LogP contribution in [-0.4, -0.2) is 59.7 Å². The number of likely N-dealkylation sites (tertiary alicyclic amines) is 1. The molecular weight excluding hydrogens is 422 g/mol. The third-order valence-corrected chi connectivity index (χ3v) is 6.27. The van der Waals surface area contributed by atoms with Gasteiger partial charge < -0.3 is 14.7 Å². The number of hydrogen-bond acceptors (Lipinski definition) is 6. The van der Waals surface area contributed by atoms with Gasteiger partial charge in [-0.2, -0.15) is 5.10 Å². The van der Waals surface area contributed by atoms with Crippen molar-refractivity contribution in [3.05, 3.63) is 52.7 Å². The summed E-state index contributed by atoms with van der Waals surface area (Å²) in [6.07, 6.45) is 3.27. The van der Waals surface area contributed by atoms with Crippen LogP contribution in [0.2, 0.25) is 0 Å². The molecular formula is C24H31N5O4.